The van der Waals surface area contributed by atoms with Crippen LogP contribution in [0.5, 0.6) is 5.75 Å². The first-order valence-corrected chi connectivity index (χ1v) is 20.8. The van der Waals surface area contributed by atoms with Crippen LogP contribution in [-0.4, -0.2) is 114 Å². The molecule has 0 unspecified atom stereocenters. The number of carbonyl (C=O) groups excluding carboxylic acids is 3. The summed E-state index contributed by atoms with van der Waals surface area (Å²) in [5.41, 5.74) is 6.63. The van der Waals surface area contributed by atoms with Gasteiger partial charge in [0.15, 0.2) is 0 Å². The number of carboxylic acid groups (broad SMARTS) is 1. The second-order valence-electron chi connectivity index (χ2n) is 16.7. The Bertz CT molecular complexity index is 2430. The lowest BCUT2D eigenvalue weighted by molar-refractivity contribution is -0.138. The van der Waals surface area contributed by atoms with Gasteiger partial charge in [0.1, 0.15) is 36.1 Å². The molecule has 3 aliphatic rings. The second-order valence-corrected chi connectivity index (χ2v) is 16.7. The molecule has 0 aliphatic carbocycles. The van der Waals surface area contributed by atoms with Gasteiger partial charge in [0.2, 0.25) is 11.8 Å². The largest absolute Gasteiger partial charge is 0.491 e. The Morgan fingerprint density at radius 2 is 1.47 bits per heavy atom. The number of hydrogen-bond donors (Lipinski definition) is 4. The molecule has 3 aromatic heterocycles. The molecule has 5 aromatic rings. The summed E-state index contributed by atoms with van der Waals surface area (Å²) in [7, 11) is 2.74. The summed E-state index contributed by atoms with van der Waals surface area (Å²) in [6.45, 7) is 9.80. The van der Waals surface area contributed by atoms with Crippen LogP contribution in [0.4, 0.5) is 9.59 Å². The van der Waals surface area contributed by atoms with E-state index < -0.39 is 24.3 Å². The maximum absolute atomic E-state index is 13.7. The Morgan fingerprint density at radius 3 is 2.07 bits per heavy atom. The van der Waals surface area contributed by atoms with E-state index >= 15 is 0 Å². The lowest BCUT2D eigenvalue weighted by Gasteiger charge is -2.33. The van der Waals surface area contributed by atoms with Gasteiger partial charge in [-0.2, -0.15) is 0 Å². The molecule has 4 amide bonds. The number of aromatic amines is 2. The highest BCUT2D eigenvalue weighted by molar-refractivity contribution is 5.92. The van der Waals surface area contributed by atoms with Crippen molar-refractivity contribution in [3.63, 3.8) is 0 Å². The van der Waals surface area contributed by atoms with Crippen molar-refractivity contribution >= 4 is 34.9 Å². The number of hydrogen-bond acceptors (Lipinski definition) is 8. The van der Waals surface area contributed by atoms with Crippen LogP contribution in [0.1, 0.15) is 77.1 Å². The number of benzene rings is 2. The zero-order valence-electron chi connectivity index (χ0n) is 34.9. The Morgan fingerprint density at radius 1 is 0.850 bits per heavy atom. The molecular weight excluding hydrogens is 767 g/mol. The zero-order valence-corrected chi connectivity index (χ0v) is 34.9. The van der Waals surface area contributed by atoms with Crippen molar-refractivity contribution < 1.29 is 33.8 Å². The Kier molecular flexibility index (Phi) is 11.0. The molecule has 4 atom stereocenters. The number of amides is 4. The van der Waals surface area contributed by atoms with Crippen LogP contribution in [0, 0.1) is 11.8 Å². The van der Waals surface area contributed by atoms with E-state index in [0.29, 0.717) is 37.9 Å². The molecule has 16 nitrogen and oxygen atoms in total. The summed E-state index contributed by atoms with van der Waals surface area (Å²) < 4.78 is 13.4. The van der Waals surface area contributed by atoms with E-state index in [1.54, 1.807) is 11.1 Å². The minimum absolute atomic E-state index is 0.118. The molecule has 2 saturated heterocycles. The maximum Gasteiger partial charge on any atom is 0.407 e. The highest BCUT2D eigenvalue weighted by Gasteiger charge is 2.40. The van der Waals surface area contributed by atoms with Crippen LogP contribution in [0.2, 0.25) is 0 Å². The van der Waals surface area contributed by atoms with E-state index in [0.717, 1.165) is 81.0 Å². The molecule has 2 aromatic carbocycles. The second kappa shape index (κ2) is 16.4. The van der Waals surface area contributed by atoms with Gasteiger partial charge in [0.05, 0.1) is 55.2 Å². The zero-order chi connectivity index (χ0) is 42.4. The number of likely N-dealkylation sites (N-methyl/N-ethyl adjacent to an activating group) is 1. The highest BCUT2D eigenvalue weighted by atomic mass is 16.5. The van der Waals surface area contributed by atoms with Crippen LogP contribution in [-0.2, 0) is 20.9 Å². The summed E-state index contributed by atoms with van der Waals surface area (Å²) in [6, 6.07) is 12.7. The van der Waals surface area contributed by atoms with Crippen molar-refractivity contribution in [3.8, 4) is 39.5 Å². The first-order valence-electron chi connectivity index (χ1n) is 20.8. The number of carbonyl (C=O) groups is 4. The number of rotatable bonds is 10. The fraction of sp³-hybridized carbons (Fsp3) is 0.455. The topological polar surface area (TPSA) is 191 Å². The maximum atomic E-state index is 13.7. The monoisotopic (exact) mass is 819 g/mol. The molecular formula is C44H53N9O7. The van der Waals surface area contributed by atoms with Gasteiger partial charge in [-0.1, -0.05) is 39.8 Å². The molecule has 0 radical (unpaired) electrons. The molecule has 3 aliphatic heterocycles. The molecule has 4 N–H and O–H groups in total. The standard InChI is InChI=1S/C44H53N9O7/c1-24(2)37(49-43(56)59-6)41(54)52-15-7-9-33(52)39-45-22-30(47-39)26-12-14-32-28(19-26)20-35-29-13-11-27(21-36(29)60-18-17-51(32)35)31-23-46-40(48-31)34-10-8-16-53(34)42(55)38(25(3)4)50(5)44(57)58/h11-14,19-25,33-34,37-38H,7-10,15-18H2,1-6H3,(H,45,47)(H,46,48)(H,49,56)(H,57,58)/t33-,34-,37-,38-/m0/s1. The molecule has 0 bridgehead atoms. The number of nitrogens with zero attached hydrogens (tertiary/aromatic N) is 6. The number of imidazole rings is 2. The van der Waals surface area contributed by atoms with Gasteiger partial charge < -0.3 is 44.2 Å². The minimum atomic E-state index is -1.13. The average molecular weight is 820 g/mol. The van der Waals surface area contributed by atoms with Gasteiger partial charge in [0.25, 0.3) is 0 Å². The van der Waals surface area contributed by atoms with Crippen LogP contribution >= 0.6 is 0 Å². The number of likely N-dealkylation sites (tertiary alicyclic amines) is 2. The van der Waals surface area contributed by atoms with Crippen molar-refractivity contribution in [2.45, 2.75) is 84.1 Å². The van der Waals surface area contributed by atoms with Crippen molar-refractivity contribution in [3.05, 3.63) is 66.5 Å². The third-order valence-electron chi connectivity index (χ3n) is 12.2. The molecule has 2 fully saturated rings. The van der Waals surface area contributed by atoms with E-state index in [1.165, 1.54) is 14.2 Å². The van der Waals surface area contributed by atoms with E-state index in [1.807, 2.05) is 50.9 Å². The third-order valence-corrected chi connectivity index (χ3v) is 12.2. The van der Waals surface area contributed by atoms with E-state index in [-0.39, 0.29) is 35.7 Å². The molecule has 6 heterocycles. The number of alkyl carbamates (subject to hydrolysis) is 1. The predicted octanol–water partition coefficient (Wildman–Crippen LogP) is 6.82. The Balaban J connectivity index is 1.01. The van der Waals surface area contributed by atoms with Gasteiger partial charge in [-0.05, 0) is 67.9 Å². The lowest BCUT2D eigenvalue weighted by atomic mass is 10.0. The summed E-state index contributed by atoms with van der Waals surface area (Å²) in [6.07, 6.45) is 4.98. The predicted molar refractivity (Wildman–Crippen MR) is 224 cm³/mol. The first kappa shape index (κ1) is 40.5. The minimum Gasteiger partial charge on any atom is -0.491 e. The molecule has 16 heteroatoms. The van der Waals surface area contributed by atoms with Gasteiger partial charge in [-0.25, -0.2) is 19.6 Å². The van der Waals surface area contributed by atoms with Gasteiger partial charge in [-0.15, -0.1) is 0 Å². The smallest absolute Gasteiger partial charge is 0.407 e. The SMILES string of the molecule is COC(=O)N[C@H](C(=O)N1CCC[C@H]1c1ncc(-c2ccc3c(c2)cc2n3CCOc3cc(-c4cnc([C@@H]5CCCN5C(=O)[C@H](C(C)C)N(C)C(=O)O)[nH]4)ccc3-2)[nH]1)C(C)C. The van der Waals surface area contributed by atoms with Crippen molar-refractivity contribution in [2.24, 2.45) is 11.8 Å². The fourth-order valence-electron chi connectivity index (χ4n) is 9.17. The molecule has 316 valence electrons. The molecule has 8 rings (SSSR count). The van der Waals surface area contributed by atoms with E-state index in [2.05, 4.69) is 50.2 Å². The molecule has 60 heavy (non-hydrogen) atoms. The molecule has 0 spiro atoms. The van der Waals surface area contributed by atoms with Crippen LogP contribution in [0.15, 0.2) is 54.9 Å². The normalized spacial score (nSPS) is 18.5. The van der Waals surface area contributed by atoms with Crippen molar-refractivity contribution in [2.75, 3.05) is 33.9 Å². The van der Waals surface area contributed by atoms with Gasteiger partial charge in [0, 0.05) is 47.7 Å². The number of H-pyrrole nitrogens is 2. The lowest BCUT2D eigenvalue weighted by Crippen LogP contribution is -2.51. The number of methoxy groups -OCH3 is 1. The highest BCUT2D eigenvalue weighted by Crippen LogP contribution is 2.41. The Hall–Kier alpha value is -6.32. The van der Waals surface area contributed by atoms with Crippen LogP contribution < -0.4 is 10.1 Å². The summed E-state index contributed by atoms with van der Waals surface area (Å²) in [5, 5.41) is 13.4. The van der Waals surface area contributed by atoms with Crippen molar-refractivity contribution in [1.29, 1.82) is 0 Å². The first-order chi connectivity index (χ1) is 28.8. The number of ether oxygens (including phenoxy) is 2. The third kappa shape index (κ3) is 7.43. The van der Waals surface area contributed by atoms with Gasteiger partial charge >= 0.3 is 12.2 Å². The van der Waals surface area contributed by atoms with Gasteiger partial charge in [-0.3, -0.25) is 14.5 Å². The van der Waals surface area contributed by atoms with Crippen molar-refractivity contribution in [1.82, 2.24) is 44.5 Å². The number of aromatic nitrogens is 5. The van der Waals surface area contributed by atoms with E-state index in [9.17, 15) is 24.3 Å². The summed E-state index contributed by atoms with van der Waals surface area (Å²) >= 11 is 0. The number of fused-ring (bicyclic) bond motifs is 5. The fourth-order valence-corrected chi connectivity index (χ4v) is 9.17. The van der Waals surface area contributed by atoms with Crippen LogP contribution in [0.3, 0.4) is 0 Å². The Labute approximate surface area is 348 Å². The van der Waals surface area contributed by atoms with Crippen LogP contribution in [0.25, 0.3) is 44.7 Å². The van der Waals surface area contributed by atoms with E-state index in [4.69, 9.17) is 19.4 Å². The molecule has 0 saturated carbocycles. The number of nitrogens with one attached hydrogen (secondary N) is 3. The summed E-state index contributed by atoms with van der Waals surface area (Å²) in [5.74, 6) is 1.49. The quantitative estimate of drug-likeness (QED) is 0.117. The summed E-state index contributed by atoms with van der Waals surface area (Å²) in [4.78, 5) is 72.3. The average Bonchev–Trinajstić information content (AvgIpc) is 4.08.